The van der Waals surface area contributed by atoms with Crippen LogP contribution in [0.4, 0.5) is 0 Å². The monoisotopic (exact) mass is 240 g/mol. The van der Waals surface area contributed by atoms with Crippen LogP contribution >= 0.6 is 23.8 Å². The first kappa shape index (κ1) is 10.4. The molecule has 1 aromatic carbocycles. The lowest BCUT2D eigenvalue weighted by atomic mass is 10.3. The molecule has 0 radical (unpaired) electrons. The van der Waals surface area contributed by atoms with E-state index in [1.54, 1.807) is 10.6 Å². The maximum absolute atomic E-state index is 5.90. The largest absolute Gasteiger partial charge is 0.324 e. The molecule has 15 heavy (non-hydrogen) atoms. The van der Waals surface area contributed by atoms with Crippen molar-refractivity contribution in [1.29, 1.82) is 0 Å². The zero-order chi connectivity index (χ0) is 10.8. The van der Waals surface area contributed by atoms with Crippen molar-refractivity contribution >= 4 is 23.8 Å². The molecule has 78 valence electrons. The maximum Gasteiger partial charge on any atom is 0.199 e. The Bertz CT molecular complexity index is 531. The van der Waals surface area contributed by atoms with Gasteiger partial charge in [0.1, 0.15) is 5.82 Å². The van der Waals surface area contributed by atoms with Crippen molar-refractivity contribution in [1.82, 2.24) is 14.8 Å². The summed E-state index contributed by atoms with van der Waals surface area (Å²) in [6.45, 7) is 0.319. The molecule has 6 heteroatoms. The fourth-order valence-electron chi connectivity index (χ4n) is 1.35. The highest BCUT2D eigenvalue weighted by atomic mass is 35.5. The van der Waals surface area contributed by atoms with Gasteiger partial charge in [-0.2, -0.15) is 5.10 Å². The molecule has 0 spiro atoms. The van der Waals surface area contributed by atoms with Gasteiger partial charge in [-0.1, -0.05) is 17.7 Å². The second kappa shape index (κ2) is 4.14. The van der Waals surface area contributed by atoms with Crippen LogP contribution in [0.2, 0.25) is 5.02 Å². The Balaban J connectivity index is 2.62. The molecule has 2 rings (SSSR count). The third-order valence-electron chi connectivity index (χ3n) is 1.99. The average Bonchev–Trinajstić information content (AvgIpc) is 2.59. The number of halogens is 1. The van der Waals surface area contributed by atoms with Crippen LogP contribution < -0.4 is 5.73 Å². The number of nitrogens with one attached hydrogen (secondary N) is 1. The average molecular weight is 241 g/mol. The van der Waals surface area contributed by atoms with Crippen LogP contribution in [-0.2, 0) is 6.54 Å². The first-order valence-electron chi connectivity index (χ1n) is 4.34. The summed E-state index contributed by atoms with van der Waals surface area (Å²) in [7, 11) is 0. The summed E-state index contributed by atoms with van der Waals surface area (Å²) >= 11 is 11.0. The smallest absolute Gasteiger partial charge is 0.199 e. The molecule has 2 aromatic rings. The van der Waals surface area contributed by atoms with Crippen LogP contribution in [-0.4, -0.2) is 14.8 Å². The first-order valence-corrected chi connectivity index (χ1v) is 5.13. The molecule has 0 amide bonds. The third kappa shape index (κ3) is 1.94. The second-order valence-corrected chi connectivity index (χ2v) is 3.79. The number of aromatic amines is 1. The summed E-state index contributed by atoms with van der Waals surface area (Å²) in [5.74, 6) is 0.683. The van der Waals surface area contributed by atoms with E-state index in [-0.39, 0.29) is 0 Å². The molecule has 4 nitrogen and oxygen atoms in total. The summed E-state index contributed by atoms with van der Waals surface area (Å²) < 4.78 is 2.28. The number of H-pyrrole nitrogens is 1. The molecule has 0 aliphatic carbocycles. The van der Waals surface area contributed by atoms with Gasteiger partial charge in [0.2, 0.25) is 0 Å². The van der Waals surface area contributed by atoms with Crippen LogP contribution in [0, 0.1) is 4.77 Å². The van der Waals surface area contributed by atoms with E-state index in [0.717, 1.165) is 5.69 Å². The van der Waals surface area contributed by atoms with Gasteiger partial charge in [0.05, 0.1) is 12.2 Å². The number of benzene rings is 1. The number of nitrogens with zero attached hydrogens (tertiary/aromatic N) is 2. The zero-order valence-corrected chi connectivity index (χ0v) is 9.35. The number of hydrogen-bond acceptors (Lipinski definition) is 3. The highest BCUT2D eigenvalue weighted by Crippen LogP contribution is 2.16. The van der Waals surface area contributed by atoms with Crippen LogP contribution in [0.5, 0.6) is 0 Å². The lowest BCUT2D eigenvalue weighted by molar-refractivity contribution is 0.857. The van der Waals surface area contributed by atoms with Gasteiger partial charge in [-0.05, 0) is 30.4 Å². The molecule has 0 aliphatic rings. The van der Waals surface area contributed by atoms with Crippen molar-refractivity contribution in [3.63, 3.8) is 0 Å². The summed E-state index contributed by atoms with van der Waals surface area (Å²) in [5, 5.41) is 7.37. The number of hydrogen-bond donors (Lipinski definition) is 2. The lowest BCUT2D eigenvalue weighted by Gasteiger charge is -2.04. The molecule has 0 saturated heterocycles. The van der Waals surface area contributed by atoms with Crippen molar-refractivity contribution in [3.05, 3.63) is 39.9 Å². The molecule has 3 N–H and O–H groups in total. The number of nitrogens with two attached hydrogens (primary N) is 1. The van der Waals surface area contributed by atoms with Crippen LogP contribution in [0.1, 0.15) is 5.82 Å². The standard InChI is InChI=1S/C9H9ClN4S/c10-6-2-1-3-7(4-6)14-8(5-11)12-13-9(14)15/h1-4H,5,11H2,(H,13,15). The van der Waals surface area contributed by atoms with Crippen molar-refractivity contribution in [2.45, 2.75) is 6.54 Å². The zero-order valence-electron chi connectivity index (χ0n) is 7.77. The van der Waals surface area contributed by atoms with E-state index >= 15 is 0 Å². The third-order valence-corrected chi connectivity index (χ3v) is 2.50. The normalized spacial score (nSPS) is 10.5. The van der Waals surface area contributed by atoms with Gasteiger partial charge in [-0.25, -0.2) is 0 Å². The predicted octanol–water partition coefficient (Wildman–Crippen LogP) is 2.04. The Labute approximate surface area is 96.7 Å². The maximum atomic E-state index is 5.90. The highest BCUT2D eigenvalue weighted by Gasteiger charge is 2.06. The Kier molecular flexibility index (Phi) is 2.86. The Morgan fingerprint density at radius 1 is 1.53 bits per heavy atom. The van der Waals surface area contributed by atoms with E-state index in [1.807, 2.05) is 18.2 Å². The molecular weight excluding hydrogens is 232 g/mol. The van der Waals surface area contributed by atoms with E-state index < -0.39 is 0 Å². The minimum atomic E-state index is 0.319. The lowest BCUT2D eigenvalue weighted by Crippen LogP contribution is -2.06. The first-order chi connectivity index (χ1) is 7.22. The van der Waals surface area contributed by atoms with Gasteiger partial charge < -0.3 is 5.73 Å². The van der Waals surface area contributed by atoms with E-state index in [2.05, 4.69) is 10.2 Å². The fourth-order valence-corrected chi connectivity index (χ4v) is 1.79. The molecule has 0 bridgehead atoms. The number of aromatic nitrogens is 3. The van der Waals surface area contributed by atoms with Crippen LogP contribution in [0.15, 0.2) is 24.3 Å². The minimum Gasteiger partial charge on any atom is -0.324 e. The summed E-state index contributed by atoms with van der Waals surface area (Å²) in [6.07, 6.45) is 0. The van der Waals surface area contributed by atoms with Crippen molar-refractivity contribution in [3.8, 4) is 5.69 Å². The Morgan fingerprint density at radius 3 is 3.00 bits per heavy atom. The molecule has 0 atom stereocenters. The molecule has 1 aromatic heterocycles. The van der Waals surface area contributed by atoms with Gasteiger partial charge in [0.25, 0.3) is 0 Å². The van der Waals surface area contributed by atoms with Crippen LogP contribution in [0.25, 0.3) is 5.69 Å². The van der Waals surface area contributed by atoms with Crippen molar-refractivity contribution in [2.24, 2.45) is 5.73 Å². The van der Waals surface area contributed by atoms with Crippen molar-refractivity contribution in [2.75, 3.05) is 0 Å². The second-order valence-electron chi connectivity index (χ2n) is 2.96. The molecule has 0 unspecified atom stereocenters. The predicted molar refractivity (Wildman–Crippen MR) is 61.7 cm³/mol. The van der Waals surface area contributed by atoms with Gasteiger partial charge in [0.15, 0.2) is 4.77 Å². The summed E-state index contributed by atoms with van der Waals surface area (Å²) in [6, 6.07) is 7.37. The SMILES string of the molecule is NCc1n[nH]c(=S)n1-c1cccc(Cl)c1. The summed E-state index contributed by atoms with van der Waals surface area (Å²) in [4.78, 5) is 0. The molecule has 0 saturated carbocycles. The quantitative estimate of drug-likeness (QED) is 0.790. The summed E-state index contributed by atoms with van der Waals surface area (Å²) in [5.41, 5.74) is 6.42. The minimum absolute atomic E-state index is 0.319. The van der Waals surface area contributed by atoms with Gasteiger partial charge in [-0.15, -0.1) is 0 Å². The highest BCUT2D eigenvalue weighted by molar-refractivity contribution is 7.71. The van der Waals surface area contributed by atoms with Gasteiger partial charge >= 0.3 is 0 Å². The van der Waals surface area contributed by atoms with E-state index in [4.69, 9.17) is 29.6 Å². The molecule has 0 fully saturated rings. The van der Waals surface area contributed by atoms with E-state index in [1.165, 1.54) is 0 Å². The molecule has 0 aliphatic heterocycles. The van der Waals surface area contributed by atoms with Crippen molar-refractivity contribution < 1.29 is 0 Å². The number of rotatable bonds is 2. The van der Waals surface area contributed by atoms with Gasteiger partial charge in [-0.3, -0.25) is 9.67 Å². The Morgan fingerprint density at radius 2 is 2.33 bits per heavy atom. The Hall–Kier alpha value is -1.17. The fraction of sp³-hybridized carbons (Fsp3) is 0.111. The molecular formula is C9H9ClN4S. The van der Waals surface area contributed by atoms with E-state index in [9.17, 15) is 0 Å². The molecule has 1 heterocycles. The van der Waals surface area contributed by atoms with E-state index in [0.29, 0.717) is 22.2 Å². The van der Waals surface area contributed by atoms with Crippen LogP contribution in [0.3, 0.4) is 0 Å². The topological polar surface area (TPSA) is 59.6 Å². The van der Waals surface area contributed by atoms with Gasteiger partial charge in [0, 0.05) is 5.02 Å².